The van der Waals surface area contributed by atoms with Gasteiger partial charge in [-0.25, -0.2) is 4.39 Å². The van der Waals surface area contributed by atoms with Crippen LogP contribution in [0.2, 0.25) is 0 Å². The highest BCUT2D eigenvalue weighted by molar-refractivity contribution is 5.93. The van der Waals surface area contributed by atoms with Gasteiger partial charge < -0.3 is 15.6 Å². The predicted molar refractivity (Wildman–Crippen MR) is 91.4 cm³/mol. The Balaban J connectivity index is 1.78. The van der Waals surface area contributed by atoms with E-state index in [0.29, 0.717) is 34.1 Å². The van der Waals surface area contributed by atoms with E-state index in [0.717, 1.165) is 0 Å². The van der Waals surface area contributed by atoms with Crippen molar-refractivity contribution in [2.45, 2.75) is 19.9 Å². The van der Waals surface area contributed by atoms with E-state index >= 15 is 0 Å². The number of primary amides is 1. The SMILES string of the molecule is Cc1ccc(-c2noc(C(C)Nc3cccc(C(N)=O)c3)n2)cc1F. The van der Waals surface area contributed by atoms with Gasteiger partial charge in [-0.2, -0.15) is 4.98 Å². The number of amides is 1. The summed E-state index contributed by atoms with van der Waals surface area (Å²) < 4.78 is 18.9. The average molecular weight is 340 g/mol. The first-order chi connectivity index (χ1) is 11.9. The van der Waals surface area contributed by atoms with Gasteiger partial charge in [0.1, 0.15) is 11.9 Å². The van der Waals surface area contributed by atoms with E-state index in [1.54, 1.807) is 43.3 Å². The van der Waals surface area contributed by atoms with E-state index in [9.17, 15) is 9.18 Å². The molecule has 2 aromatic carbocycles. The van der Waals surface area contributed by atoms with Crippen LogP contribution in [-0.4, -0.2) is 16.0 Å². The summed E-state index contributed by atoms with van der Waals surface area (Å²) >= 11 is 0. The topological polar surface area (TPSA) is 94.0 Å². The van der Waals surface area contributed by atoms with Crippen LogP contribution in [0.3, 0.4) is 0 Å². The van der Waals surface area contributed by atoms with Gasteiger partial charge in [-0.3, -0.25) is 4.79 Å². The van der Waals surface area contributed by atoms with Crippen LogP contribution in [0.1, 0.15) is 34.8 Å². The molecule has 128 valence electrons. The third-order valence-electron chi connectivity index (χ3n) is 3.77. The van der Waals surface area contributed by atoms with Crippen molar-refractivity contribution in [2.75, 3.05) is 5.32 Å². The third kappa shape index (κ3) is 3.65. The fourth-order valence-corrected chi connectivity index (χ4v) is 2.33. The van der Waals surface area contributed by atoms with E-state index in [1.807, 2.05) is 6.92 Å². The van der Waals surface area contributed by atoms with Gasteiger partial charge in [-0.15, -0.1) is 0 Å². The molecule has 0 radical (unpaired) electrons. The lowest BCUT2D eigenvalue weighted by Crippen LogP contribution is -2.12. The summed E-state index contributed by atoms with van der Waals surface area (Å²) in [4.78, 5) is 15.5. The second-order valence-electron chi connectivity index (χ2n) is 5.73. The van der Waals surface area contributed by atoms with Gasteiger partial charge in [0, 0.05) is 16.8 Å². The lowest BCUT2D eigenvalue weighted by molar-refractivity contribution is 0.100. The van der Waals surface area contributed by atoms with Crippen LogP contribution in [0.15, 0.2) is 47.0 Å². The number of hydrogen-bond donors (Lipinski definition) is 2. The number of nitrogens with zero attached hydrogens (tertiary/aromatic N) is 2. The van der Waals surface area contributed by atoms with Crippen LogP contribution in [0.4, 0.5) is 10.1 Å². The summed E-state index contributed by atoms with van der Waals surface area (Å²) in [6.07, 6.45) is 0. The zero-order valence-electron chi connectivity index (χ0n) is 13.8. The third-order valence-corrected chi connectivity index (χ3v) is 3.77. The van der Waals surface area contributed by atoms with Crippen molar-refractivity contribution in [3.63, 3.8) is 0 Å². The molecule has 0 saturated heterocycles. The maximum absolute atomic E-state index is 13.7. The molecule has 1 unspecified atom stereocenters. The predicted octanol–water partition coefficient (Wildman–Crippen LogP) is 3.46. The van der Waals surface area contributed by atoms with Crippen LogP contribution in [-0.2, 0) is 0 Å². The monoisotopic (exact) mass is 340 g/mol. The highest BCUT2D eigenvalue weighted by Gasteiger charge is 2.16. The molecule has 1 aromatic heterocycles. The summed E-state index contributed by atoms with van der Waals surface area (Å²) in [6.45, 7) is 3.52. The van der Waals surface area contributed by atoms with Gasteiger partial charge >= 0.3 is 0 Å². The van der Waals surface area contributed by atoms with Crippen molar-refractivity contribution in [1.29, 1.82) is 0 Å². The van der Waals surface area contributed by atoms with Crippen molar-refractivity contribution >= 4 is 11.6 Å². The molecule has 3 N–H and O–H groups in total. The second-order valence-corrected chi connectivity index (χ2v) is 5.73. The van der Waals surface area contributed by atoms with Crippen molar-refractivity contribution in [3.8, 4) is 11.4 Å². The molecule has 3 aromatic rings. The largest absolute Gasteiger partial charge is 0.374 e. The lowest BCUT2D eigenvalue weighted by Gasteiger charge is -2.11. The molecule has 25 heavy (non-hydrogen) atoms. The molecule has 1 atom stereocenters. The van der Waals surface area contributed by atoms with Gasteiger partial charge in [0.2, 0.25) is 17.6 Å². The fourth-order valence-electron chi connectivity index (χ4n) is 2.33. The van der Waals surface area contributed by atoms with E-state index < -0.39 is 5.91 Å². The van der Waals surface area contributed by atoms with Crippen LogP contribution in [0.25, 0.3) is 11.4 Å². The molecule has 0 saturated carbocycles. The molecule has 0 fully saturated rings. The number of benzene rings is 2. The van der Waals surface area contributed by atoms with Gasteiger partial charge in [0.05, 0.1) is 0 Å². The number of anilines is 1. The first kappa shape index (κ1) is 16.6. The highest BCUT2D eigenvalue weighted by atomic mass is 19.1. The smallest absolute Gasteiger partial charge is 0.249 e. The number of carbonyl (C=O) groups excluding carboxylic acids is 1. The van der Waals surface area contributed by atoms with Crippen LogP contribution in [0.5, 0.6) is 0 Å². The number of nitrogens with one attached hydrogen (secondary N) is 1. The Kier molecular flexibility index (Phi) is 4.47. The Hall–Kier alpha value is -3.22. The number of rotatable bonds is 5. The molecular weight excluding hydrogens is 323 g/mol. The molecule has 0 bridgehead atoms. The number of nitrogens with two attached hydrogens (primary N) is 1. The number of carbonyl (C=O) groups is 1. The normalized spacial score (nSPS) is 12.0. The first-order valence-corrected chi connectivity index (χ1v) is 7.70. The molecule has 7 heteroatoms. The molecule has 3 rings (SSSR count). The lowest BCUT2D eigenvalue weighted by atomic mass is 10.1. The van der Waals surface area contributed by atoms with Gasteiger partial charge in [-0.1, -0.05) is 23.4 Å². The van der Waals surface area contributed by atoms with Gasteiger partial charge in [0.25, 0.3) is 0 Å². The van der Waals surface area contributed by atoms with Crippen molar-refractivity contribution in [1.82, 2.24) is 10.1 Å². The van der Waals surface area contributed by atoms with Crippen LogP contribution < -0.4 is 11.1 Å². The summed E-state index contributed by atoms with van der Waals surface area (Å²) in [5, 5.41) is 7.06. The minimum absolute atomic E-state index is 0.306. The second kappa shape index (κ2) is 6.72. The maximum Gasteiger partial charge on any atom is 0.249 e. The first-order valence-electron chi connectivity index (χ1n) is 7.70. The highest BCUT2D eigenvalue weighted by Crippen LogP contribution is 2.23. The van der Waals surface area contributed by atoms with E-state index in [-0.39, 0.29) is 11.9 Å². The van der Waals surface area contributed by atoms with Crippen LogP contribution >= 0.6 is 0 Å². The van der Waals surface area contributed by atoms with Crippen molar-refractivity contribution in [3.05, 3.63) is 65.3 Å². The Morgan fingerprint density at radius 2 is 2.08 bits per heavy atom. The molecular formula is C18H17FN4O2. The minimum atomic E-state index is -0.502. The summed E-state index contributed by atoms with van der Waals surface area (Å²) in [5.41, 5.74) is 7.47. The number of aromatic nitrogens is 2. The molecule has 6 nitrogen and oxygen atoms in total. The van der Waals surface area contributed by atoms with Gasteiger partial charge in [0.15, 0.2) is 0 Å². The van der Waals surface area contributed by atoms with E-state index in [4.69, 9.17) is 10.3 Å². The van der Waals surface area contributed by atoms with E-state index in [1.165, 1.54) is 6.07 Å². The number of halogens is 1. The Morgan fingerprint density at radius 3 is 2.80 bits per heavy atom. The Morgan fingerprint density at radius 1 is 1.28 bits per heavy atom. The average Bonchev–Trinajstić information content (AvgIpc) is 3.08. The minimum Gasteiger partial charge on any atom is -0.374 e. The Bertz CT molecular complexity index is 923. The summed E-state index contributed by atoms with van der Waals surface area (Å²) in [7, 11) is 0. The van der Waals surface area contributed by atoms with Crippen molar-refractivity contribution < 1.29 is 13.7 Å². The summed E-state index contributed by atoms with van der Waals surface area (Å²) in [6, 6.07) is 11.3. The fraction of sp³-hybridized carbons (Fsp3) is 0.167. The van der Waals surface area contributed by atoms with Gasteiger partial charge in [-0.05, 0) is 43.7 Å². The molecule has 1 heterocycles. The molecule has 0 aliphatic rings. The zero-order valence-corrected chi connectivity index (χ0v) is 13.8. The maximum atomic E-state index is 13.7. The molecule has 0 aliphatic heterocycles. The van der Waals surface area contributed by atoms with E-state index in [2.05, 4.69) is 15.5 Å². The molecule has 0 spiro atoms. The number of aryl methyl sites for hydroxylation is 1. The Labute approximate surface area is 143 Å². The quantitative estimate of drug-likeness (QED) is 0.742. The molecule has 0 aliphatic carbocycles. The van der Waals surface area contributed by atoms with Crippen molar-refractivity contribution in [2.24, 2.45) is 5.73 Å². The van der Waals surface area contributed by atoms with Crippen LogP contribution in [0, 0.1) is 12.7 Å². The summed E-state index contributed by atoms with van der Waals surface area (Å²) in [5.74, 6) is -0.162. The molecule has 1 amide bonds. The number of hydrogen-bond acceptors (Lipinski definition) is 5. The standard InChI is InChI=1S/C18H17FN4O2/c1-10-6-7-13(9-15(10)19)17-22-18(25-23-17)11(2)21-14-5-3-4-12(8-14)16(20)24/h3-9,11,21H,1-2H3,(H2,20,24). The zero-order chi connectivity index (χ0) is 18.0.